The smallest absolute Gasteiger partial charge is 0.244 e. The molecule has 1 saturated carbocycles. The molecule has 1 saturated heterocycles. The summed E-state index contributed by atoms with van der Waals surface area (Å²) in [5, 5.41) is 0. The number of hydrogen-bond donors (Lipinski definition) is 0. The fourth-order valence-corrected chi connectivity index (χ4v) is 7.11. The van der Waals surface area contributed by atoms with E-state index < -0.39 is 10.0 Å². The maximum absolute atomic E-state index is 13.0. The summed E-state index contributed by atoms with van der Waals surface area (Å²) in [5.41, 5.74) is 1.23. The predicted octanol–water partition coefficient (Wildman–Crippen LogP) is 3.44. The van der Waals surface area contributed by atoms with Crippen molar-refractivity contribution in [2.75, 3.05) is 26.2 Å². The number of amides is 1. The van der Waals surface area contributed by atoms with E-state index in [0.717, 1.165) is 9.75 Å². The van der Waals surface area contributed by atoms with Crippen molar-refractivity contribution in [2.45, 2.75) is 46.4 Å². The summed E-state index contributed by atoms with van der Waals surface area (Å²) < 4.78 is 27.4. The number of allylic oxidation sites excluding steroid dienone is 2. The number of hydrogen-bond acceptors (Lipinski definition) is 4. The van der Waals surface area contributed by atoms with Crippen LogP contribution in [0.2, 0.25) is 0 Å². The molecule has 2 fully saturated rings. The van der Waals surface area contributed by atoms with Crippen LogP contribution in [0.1, 0.15) is 37.4 Å². The average molecular weight is 411 g/mol. The Kier molecular flexibility index (Phi) is 5.34. The van der Waals surface area contributed by atoms with Crippen LogP contribution in [0.3, 0.4) is 0 Å². The van der Waals surface area contributed by atoms with E-state index in [9.17, 15) is 13.2 Å². The van der Waals surface area contributed by atoms with Crippen molar-refractivity contribution in [2.24, 2.45) is 17.3 Å². The third-order valence-corrected chi connectivity index (χ3v) is 8.97. The number of carbonyl (C=O) groups is 1. The highest BCUT2D eigenvalue weighted by Crippen LogP contribution is 2.60. The fourth-order valence-electron chi connectivity index (χ4n) is 4.17. The molecule has 1 aliphatic heterocycles. The summed E-state index contributed by atoms with van der Waals surface area (Å²) in [6, 6.07) is 1.75. The predicted molar refractivity (Wildman–Crippen MR) is 109 cm³/mol. The lowest BCUT2D eigenvalue weighted by Crippen LogP contribution is -2.51. The zero-order valence-corrected chi connectivity index (χ0v) is 18.7. The molecule has 0 spiro atoms. The van der Waals surface area contributed by atoms with Crippen molar-refractivity contribution in [1.82, 2.24) is 9.21 Å². The lowest BCUT2D eigenvalue weighted by atomic mass is 10.1. The van der Waals surface area contributed by atoms with Crippen molar-refractivity contribution >= 4 is 27.3 Å². The molecule has 2 aliphatic rings. The first kappa shape index (κ1) is 20.6. The van der Waals surface area contributed by atoms with E-state index in [2.05, 4.69) is 33.8 Å². The molecule has 7 heteroatoms. The molecule has 5 nitrogen and oxygen atoms in total. The fraction of sp³-hybridized carbons (Fsp3) is 0.650. The molecule has 0 bridgehead atoms. The van der Waals surface area contributed by atoms with Gasteiger partial charge in [0.05, 0.1) is 10.8 Å². The highest BCUT2D eigenvalue weighted by molar-refractivity contribution is 7.89. The summed E-state index contributed by atoms with van der Waals surface area (Å²) in [6.07, 6.45) is 2.20. The third kappa shape index (κ3) is 3.74. The van der Waals surface area contributed by atoms with E-state index in [1.807, 2.05) is 18.7 Å². The van der Waals surface area contributed by atoms with E-state index in [-0.39, 0.29) is 23.2 Å². The van der Waals surface area contributed by atoms with Crippen molar-refractivity contribution in [3.63, 3.8) is 0 Å². The van der Waals surface area contributed by atoms with Crippen molar-refractivity contribution < 1.29 is 13.2 Å². The first-order valence-electron chi connectivity index (χ1n) is 9.47. The maximum atomic E-state index is 13.0. The number of aryl methyl sites for hydroxylation is 2. The molecule has 1 aromatic rings. The van der Waals surface area contributed by atoms with Crippen LogP contribution >= 0.6 is 11.3 Å². The van der Waals surface area contributed by atoms with E-state index >= 15 is 0 Å². The Morgan fingerprint density at radius 2 is 1.78 bits per heavy atom. The molecule has 0 N–H and O–H groups in total. The van der Waals surface area contributed by atoms with Crippen LogP contribution < -0.4 is 0 Å². The van der Waals surface area contributed by atoms with Gasteiger partial charge in [-0.1, -0.05) is 25.5 Å². The topological polar surface area (TPSA) is 57.7 Å². The molecule has 0 radical (unpaired) electrons. The lowest BCUT2D eigenvalue weighted by Gasteiger charge is -2.34. The average Bonchev–Trinajstić information content (AvgIpc) is 2.91. The Morgan fingerprint density at radius 1 is 1.19 bits per heavy atom. The quantitative estimate of drug-likeness (QED) is 0.715. The standard InChI is InChI=1S/C20H30N2O3S2/c1-13(2)11-16-18(20(16,5)6)19(23)21-7-9-22(10-8-21)27(24,25)17-12-14(3)26-15(17)4/h11-12,16,18H,7-10H2,1-6H3. The minimum absolute atomic E-state index is 0.0110. The van der Waals surface area contributed by atoms with Gasteiger partial charge >= 0.3 is 0 Å². The Bertz CT molecular complexity index is 871. The van der Waals surface area contributed by atoms with Gasteiger partial charge in [-0.25, -0.2) is 8.42 Å². The number of rotatable bonds is 4. The molecule has 150 valence electrons. The van der Waals surface area contributed by atoms with Gasteiger partial charge in [0.1, 0.15) is 0 Å². The molecule has 0 aromatic carbocycles. The summed E-state index contributed by atoms with van der Waals surface area (Å²) in [7, 11) is -3.48. The minimum Gasteiger partial charge on any atom is -0.340 e. The number of sulfonamides is 1. The van der Waals surface area contributed by atoms with E-state index in [1.165, 1.54) is 21.2 Å². The Morgan fingerprint density at radius 3 is 2.26 bits per heavy atom. The molecule has 27 heavy (non-hydrogen) atoms. The maximum Gasteiger partial charge on any atom is 0.244 e. The lowest BCUT2D eigenvalue weighted by molar-refractivity contribution is -0.134. The second-order valence-corrected chi connectivity index (χ2v) is 11.9. The summed E-state index contributed by atoms with van der Waals surface area (Å²) in [6.45, 7) is 13.8. The molecule has 3 rings (SSSR count). The number of nitrogens with zero attached hydrogens (tertiary/aromatic N) is 2. The van der Waals surface area contributed by atoms with Crippen molar-refractivity contribution in [3.8, 4) is 0 Å². The minimum atomic E-state index is -3.48. The summed E-state index contributed by atoms with van der Waals surface area (Å²) in [4.78, 5) is 17.1. The van der Waals surface area contributed by atoms with Crippen LogP contribution in [-0.4, -0.2) is 49.7 Å². The molecule has 1 aliphatic carbocycles. The van der Waals surface area contributed by atoms with Gasteiger partial charge in [0, 0.05) is 35.9 Å². The molecule has 2 heterocycles. The molecule has 1 aromatic heterocycles. The normalized spacial score (nSPS) is 25.3. The second-order valence-electron chi connectivity index (χ2n) is 8.58. The van der Waals surface area contributed by atoms with Gasteiger partial charge < -0.3 is 4.90 Å². The zero-order chi connectivity index (χ0) is 20.1. The monoisotopic (exact) mass is 410 g/mol. The third-order valence-electron chi connectivity index (χ3n) is 5.85. The van der Waals surface area contributed by atoms with Gasteiger partial charge in [0.25, 0.3) is 0 Å². The van der Waals surface area contributed by atoms with Crippen LogP contribution in [0.5, 0.6) is 0 Å². The Hall–Kier alpha value is -1.18. The highest BCUT2D eigenvalue weighted by Gasteiger charge is 2.61. The van der Waals surface area contributed by atoms with Gasteiger partial charge in [0.15, 0.2) is 0 Å². The van der Waals surface area contributed by atoms with Crippen molar-refractivity contribution in [3.05, 3.63) is 27.5 Å². The van der Waals surface area contributed by atoms with Crippen molar-refractivity contribution in [1.29, 1.82) is 0 Å². The molecular formula is C20H30N2O3S2. The number of piperazine rings is 1. The van der Waals surface area contributed by atoms with Gasteiger partial charge in [-0.2, -0.15) is 4.31 Å². The van der Waals surface area contributed by atoms with E-state index in [0.29, 0.717) is 31.1 Å². The van der Waals surface area contributed by atoms with Gasteiger partial charge in [0.2, 0.25) is 15.9 Å². The van der Waals surface area contributed by atoms with E-state index in [4.69, 9.17) is 0 Å². The first-order chi connectivity index (χ1) is 12.5. The van der Waals surface area contributed by atoms with Gasteiger partial charge in [-0.15, -0.1) is 11.3 Å². The second kappa shape index (κ2) is 7.01. The SMILES string of the molecule is CC(C)=CC1C(C(=O)N2CCN(S(=O)(=O)c3cc(C)sc3C)CC2)C1(C)C. The van der Waals surface area contributed by atoms with E-state index in [1.54, 1.807) is 6.07 Å². The van der Waals surface area contributed by atoms with Crippen LogP contribution in [0.15, 0.2) is 22.6 Å². The summed E-state index contributed by atoms with van der Waals surface area (Å²) in [5.74, 6) is 0.465. The van der Waals surface area contributed by atoms with Crippen LogP contribution in [-0.2, 0) is 14.8 Å². The van der Waals surface area contributed by atoms with Gasteiger partial charge in [-0.3, -0.25) is 4.79 Å². The molecule has 2 unspecified atom stereocenters. The van der Waals surface area contributed by atoms with Crippen LogP contribution in [0.4, 0.5) is 0 Å². The molecular weight excluding hydrogens is 380 g/mol. The Labute approximate surface area is 167 Å². The zero-order valence-electron chi connectivity index (χ0n) is 17.1. The molecule has 1 amide bonds. The van der Waals surface area contributed by atoms with Crippen LogP contribution in [0, 0.1) is 31.1 Å². The Balaban J connectivity index is 1.67. The van der Waals surface area contributed by atoms with Gasteiger partial charge in [-0.05, 0) is 45.1 Å². The number of carbonyl (C=O) groups excluding carboxylic acids is 1. The summed E-state index contributed by atoms with van der Waals surface area (Å²) >= 11 is 1.51. The highest BCUT2D eigenvalue weighted by atomic mass is 32.2. The number of thiophene rings is 1. The first-order valence-corrected chi connectivity index (χ1v) is 11.7. The van der Waals surface area contributed by atoms with Crippen LogP contribution in [0.25, 0.3) is 0 Å². The largest absolute Gasteiger partial charge is 0.340 e. The molecule has 2 atom stereocenters.